The molecule has 0 radical (unpaired) electrons. The molecule has 0 aliphatic rings. The van der Waals surface area contributed by atoms with E-state index in [9.17, 15) is 9.18 Å². The van der Waals surface area contributed by atoms with Crippen molar-refractivity contribution < 1.29 is 14.3 Å². The Bertz CT molecular complexity index is 556. The summed E-state index contributed by atoms with van der Waals surface area (Å²) in [7, 11) is 0. The van der Waals surface area contributed by atoms with Gasteiger partial charge in [0.2, 0.25) is 0 Å². The second-order valence-corrected chi connectivity index (χ2v) is 6.04. The lowest BCUT2D eigenvalue weighted by molar-refractivity contribution is -0.136. The molecule has 0 saturated heterocycles. The minimum atomic E-state index is -0.890. The van der Waals surface area contributed by atoms with E-state index < -0.39 is 11.2 Å². The second kappa shape index (κ2) is 5.45. The lowest BCUT2D eigenvalue weighted by Gasteiger charge is -2.00. The first-order valence-corrected chi connectivity index (χ1v) is 6.75. The largest absolute Gasteiger partial charge is 0.480 e. The first-order valence-electron chi connectivity index (χ1n) is 5.05. The molecule has 0 aliphatic heterocycles. The Labute approximate surface area is 111 Å². The Balaban J connectivity index is 2.15. The summed E-state index contributed by atoms with van der Waals surface area (Å²) in [4.78, 5) is 10.7. The van der Waals surface area contributed by atoms with E-state index >= 15 is 0 Å². The quantitative estimate of drug-likeness (QED) is 0.875. The molecule has 1 heterocycles. The molecular weight excluding hydrogens is 275 g/mol. The molecule has 18 heavy (non-hydrogen) atoms. The molecule has 94 valence electrons. The van der Waals surface area contributed by atoms with Crippen LogP contribution in [0.2, 0.25) is 0 Å². The lowest BCUT2D eigenvalue weighted by Crippen LogP contribution is -2.10. The molecular formula is C11H9FN2O2S2. The van der Waals surface area contributed by atoms with Gasteiger partial charge in [-0.25, -0.2) is 4.39 Å². The number of rotatable bonds is 4. The fraction of sp³-hybridized carbons (Fsp3) is 0.182. The number of aromatic nitrogens is 2. The molecule has 2 rings (SSSR count). The topological polar surface area (TPSA) is 63.1 Å². The number of benzene rings is 1. The maximum absolute atomic E-state index is 12.8. The zero-order valence-corrected chi connectivity index (χ0v) is 11.0. The standard InChI is InChI=1S/C11H9FN2O2S2/c1-6(10(15)16)17-11-14-13-9(18-11)7-2-4-8(12)5-3-7/h2-6H,1H3,(H,15,16). The Morgan fingerprint density at radius 2 is 2.06 bits per heavy atom. The van der Waals surface area contributed by atoms with Crippen molar-refractivity contribution >= 4 is 29.1 Å². The number of carboxylic acids is 1. The number of carboxylic acid groups (broad SMARTS) is 1. The van der Waals surface area contributed by atoms with Crippen LogP contribution in [0.4, 0.5) is 4.39 Å². The molecule has 7 heteroatoms. The predicted molar refractivity (Wildman–Crippen MR) is 68.3 cm³/mol. The molecule has 0 saturated carbocycles. The number of hydrogen-bond acceptors (Lipinski definition) is 5. The lowest BCUT2D eigenvalue weighted by atomic mass is 10.2. The highest BCUT2D eigenvalue weighted by Crippen LogP contribution is 2.31. The van der Waals surface area contributed by atoms with Gasteiger partial charge in [-0.1, -0.05) is 23.1 Å². The van der Waals surface area contributed by atoms with Gasteiger partial charge in [0, 0.05) is 5.56 Å². The summed E-state index contributed by atoms with van der Waals surface area (Å²) in [6.45, 7) is 1.59. The van der Waals surface area contributed by atoms with Crippen molar-refractivity contribution in [3.63, 3.8) is 0 Å². The molecule has 1 N–H and O–H groups in total. The highest BCUT2D eigenvalue weighted by atomic mass is 32.2. The minimum absolute atomic E-state index is 0.308. The van der Waals surface area contributed by atoms with Crippen LogP contribution in [-0.2, 0) is 4.79 Å². The molecule has 1 unspecified atom stereocenters. The van der Waals surface area contributed by atoms with E-state index in [4.69, 9.17) is 5.11 Å². The SMILES string of the molecule is CC(Sc1nnc(-c2ccc(F)cc2)s1)C(=O)O. The number of nitrogens with zero attached hydrogens (tertiary/aromatic N) is 2. The molecule has 1 atom stereocenters. The van der Waals surface area contributed by atoms with Gasteiger partial charge in [-0.05, 0) is 31.2 Å². The van der Waals surface area contributed by atoms with Gasteiger partial charge in [-0.15, -0.1) is 10.2 Å². The molecule has 0 spiro atoms. The summed E-state index contributed by atoms with van der Waals surface area (Å²) in [6.07, 6.45) is 0. The van der Waals surface area contributed by atoms with E-state index in [1.807, 2.05) is 0 Å². The summed E-state index contributed by atoms with van der Waals surface area (Å²) in [5.41, 5.74) is 0.767. The number of carbonyl (C=O) groups is 1. The van der Waals surface area contributed by atoms with E-state index in [0.29, 0.717) is 9.35 Å². The van der Waals surface area contributed by atoms with Crippen molar-refractivity contribution in [1.29, 1.82) is 0 Å². The summed E-state index contributed by atoms with van der Waals surface area (Å²) < 4.78 is 13.4. The Hall–Kier alpha value is -1.47. The molecule has 0 fully saturated rings. The molecule has 4 nitrogen and oxygen atoms in total. The van der Waals surface area contributed by atoms with Crippen molar-refractivity contribution in [2.75, 3.05) is 0 Å². The van der Waals surface area contributed by atoms with E-state index in [2.05, 4.69) is 10.2 Å². The first kappa shape index (κ1) is 13.0. The molecule has 1 aromatic heterocycles. The number of thioether (sulfide) groups is 1. The second-order valence-electron chi connectivity index (χ2n) is 3.48. The van der Waals surface area contributed by atoms with Crippen LogP contribution in [0, 0.1) is 5.82 Å². The van der Waals surface area contributed by atoms with Crippen molar-refractivity contribution in [3.8, 4) is 10.6 Å². The van der Waals surface area contributed by atoms with Gasteiger partial charge in [-0.2, -0.15) is 0 Å². The van der Waals surface area contributed by atoms with Crippen LogP contribution in [0.15, 0.2) is 28.6 Å². The van der Waals surface area contributed by atoms with Gasteiger partial charge in [-0.3, -0.25) is 4.79 Å². The number of aliphatic carboxylic acids is 1. The maximum atomic E-state index is 12.8. The van der Waals surface area contributed by atoms with Gasteiger partial charge >= 0.3 is 5.97 Å². The van der Waals surface area contributed by atoms with Crippen molar-refractivity contribution in [2.45, 2.75) is 16.5 Å². The zero-order chi connectivity index (χ0) is 13.1. The van der Waals surface area contributed by atoms with Gasteiger partial charge in [0.1, 0.15) is 16.1 Å². The van der Waals surface area contributed by atoms with E-state index in [1.165, 1.54) is 23.5 Å². The molecule has 0 amide bonds. The monoisotopic (exact) mass is 284 g/mol. The Morgan fingerprint density at radius 1 is 1.39 bits per heavy atom. The Morgan fingerprint density at radius 3 is 2.67 bits per heavy atom. The van der Waals surface area contributed by atoms with Crippen LogP contribution in [-0.4, -0.2) is 26.5 Å². The zero-order valence-electron chi connectivity index (χ0n) is 9.33. The number of halogens is 1. The average molecular weight is 284 g/mol. The summed E-state index contributed by atoms with van der Waals surface area (Å²) in [6, 6.07) is 5.93. The third-order valence-electron chi connectivity index (χ3n) is 2.12. The average Bonchev–Trinajstić information content (AvgIpc) is 2.78. The predicted octanol–water partition coefficient (Wildman–Crippen LogP) is 2.91. The van der Waals surface area contributed by atoms with Crippen molar-refractivity contribution in [3.05, 3.63) is 30.1 Å². The third kappa shape index (κ3) is 3.05. The van der Waals surface area contributed by atoms with Crippen LogP contribution >= 0.6 is 23.1 Å². The highest BCUT2D eigenvalue weighted by molar-refractivity contribution is 8.02. The van der Waals surface area contributed by atoms with Gasteiger partial charge in [0.05, 0.1) is 0 Å². The Kier molecular flexibility index (Phi) is 3.93. The van der Waals surface area contributed by atoms with Gasteiger partial charge in [0.15, 0.2) is 4.34 Å². The summed E-state index contributed by atoms with van der Waals surface area (Å²) in [5, 5.41) is 16.7. The molecule has 2 aromatic rings. The van der Waals surface area contributed by atoms with Crippen LogP contribution < -0.4 is 0 Å². The van der Waals surface area contributed by atoms with Crippen molar-refractivity contribution in [1.82, 2.24) is 10.2 Å². The number of hydrogen-bond donors (Lipinski definition) is 1. The van der Waals surface area contributed by atoms with E-state index in [-0.39, 0.29) is 5.82 Å². The fourth-order valence-corrected chi connectivity index (χ4v) is 3.10. The van der Waals surface area contributed by atoms with Crippen LogP contribution in [0.5, 0.6) is 0 Å². The van der Waals surface area contributed by atoms with E-state index in [1.54, 1.807) is 19.1 Å². The first-order chi connectivity index (χ1) is 8.56. The van der Waals surface area contributed by atoms with Crippen LogP contribution in [0.1, 0.15) is 6.92 Å². The smallest absolute Gasteiger partial charge is 0.316 e. The van der Waals surface area contributed by atoms with E-state index in [0.717, 1.165) is 17.3 Å². The summed E-state index contributed by atoms with van der Waals surface area (Å²) >= 11 is 2.43. The van der Waals surface area contributed by atoms with Crippen LogP contribution in [0.3, 0.4) is 0 Å². The normalized spacial score (nSPS) is 12.3. The fourth-order valence-electron chi connectivity index (χ4n) is 1.17. The van der Waals surface area contributed by atoms with Gasteiger partial charge in [0.25, 0.3) is 0 Å². The van der Waals surface area contributed by atoms with Crippen molar-refractivity contribution in [2.24, 2.45) is 0 Å². The maximum Gasteiger partial charge on any atom is 0.316 e. The highest BCUT2D eigenvalue weighted by Gasteiger charge is 2.16. The third-order valence-corrected chi connectivity index (χ3v) is 4.27. The molecule has 0 bridgehead atoms. The van der Waals surface area contributed by atoms with Crippen LogP contribution in [0.25, 0.3) is 10.6 Å². The minimum Gasteiger partial charge on any atom is -0.480 e. The van der Waals surface area contributed by atoms with Gasteiger partial charge < -0.3 is 5.11 Å². The molecule has 1 aromatic carbocycles. The summed E-state index contributed by atoms with van der Waals surface area (Å²) in [5.74, 6) is -1.20. The molecule has 0 aliphatic carbocycles.